The Balaban J connectivity index is 2.25. The van der Waals surface area contributed by atoms with E-state index in [1.54, 1.807) is 0 Å². The molecule has 0 aromatic carbocycles. The maximum absolute atomic E-state index is 13.1. The highest BCUT2D eigenvalue weighted by Gasteiger charge is 2.44. The Bertz CT molecular complexity index is 715. The van der Waals surface area contributed by atoms with E-state index in [2.05, 4.69) is 46.9 Å². The van der Waals surface area contributed by atoms with Crippen LogP contribution in [-0.2, 0) is 14.3 Å². The third-order valence-electron chi connectivity index (χ3n) is 7.46. The van der Waals surface area contributed by atoms with Crippen molar-refractivity contribution in [3.63, 3.8) is 0 Å². The van der Waals surface area contributed by atoms with Gasteiger partial charge in [0.05, 0.1) is 50.8 Å². The molecule has 1 aliphatic carbocycles. The van der Waals surface area contributed by atoms with Crippen molar-refractivity contribution in [2.75, 3.05) is 6.61 Å². The first-order valence-electron chi connectivity index (χ1n) is 13.5. The molecule has 0 aromatic heterocycles. The van der Waals surface area contributed by atoms with Crippen molar-refractivity contribution in [3.8, 4) is 0 Å². The van der Waals surface area contributed by atoms with Crippen LogP contribution in [0.3, 0.4) is 0 Å². The zero-order valence-corrected chi connectivity index (χ0v) is 24.8. The van der Waals surface area contributed by atoms with Gasteiger partial charge in [0.2, 0.25) is 5.91 Å². The third-order valence-corrected chi connectivity index (χ3v) is 7.62. The summed E-state index contributed by atoms with van der Waals surface area (Å²) in [4.78, 5) is 13.1. The number of ether oxygens (including phenoxy) is 2. The first-order chi connectivity index (χ1) is 15.7. The van der Waals surface area contributed by atoms with Crippen molar-refractivity contribution in [2.45, 2.75) is 154 Å². The summed E-state index contributed by atoms with van der Waals surface area (Å²) in [6.45, 7) is 19.5. The predicted octanol–water partition coefficient (Wildman–Crippen LogP) is 5.64. The Morgan fingerprint density at radius 1 is 1.20 bits per heavy atom. The van der Waals surface area contributed by atoms with Gasteiger partial charge in [-0.15, -0.1) is 0 Å². The van der Waals surface area contributed by atoms with E-state index in [9.17, 15) is 9.90 Å². The van der Waals surface area contributed by atoms with Gasteiger partial charge in [-0.2, -0.15) is 12.6 Å². The average molecular weight is 510 g/mol. The van der Waals surface area contributed by atoms with Crippen molar-refractivity contribution in [1.82, 2.24) is 5.32 Å². The summed E-state index contributed by atoms with van der Waals surface area (Å²) in [5.74, 6) is -0.0436. The van der Waals surface area contributed by atoms with Gasteiger partial charge in [-0.25, -0.2) is 0 Å². The lowest BCUT2D eigenvalue weighted by molar-refractivity contribution is -0.166. The molecular formula is C28H52BNO4S. The van der Waals surface area contributed by atoms with Gasteiger partial charge < -0.3 is 19.9 Å². The normalized spacial score (nSPS) is 33.4. The number of carbonyl (C=O) groups excluding carboxylic acids is 1. The summed E-state index contributed by atoms with van der Waals surface area (Å²) in [6, 6.07) is -0.191. The third kappa shape index (κ3) is 10.6. The number of hydrogen-bond donors (Lipinski definition) is 3. The maximum atomic E-state index is 13.1. The minimum atomic E-state index is -0.668. The average Bonchev–Trinajstić information content (AvgIpc) is 2.71. The van der Waals surface area contributed by atoms with E-state index < -0.39 is 17.0 Å². The number of nitrogens with one attached hydrogen (secondary N) is 1. The van der Waals surface area contributed by atoms with Crippen molar-refractivity contribution in [3.05, 3.63) is 0 Å². The molecule has 2 rings (SSSR count). The molecular weight excluding hydrogens is 457 g/mol. The molecule has 1 saturated carbocycles. The van der Waals surface area contributed by atoms with Crippen LogP contribution in [0.2, 0.25) is 5.31 Å². The van der Waals surface area contributed by atoms with E-state index in [1.807, 2.05) is 20.8 Å². The number of amides is 1. The molecule has 5 atom stereocenters. The highest BCUT2D eigenvalue weighted by molar-refractivity contribution is 7.81. The Labute approximate surface area is 222 Å². The van der Waals surface area contributed by atoms with Gasteiger partial charge in [0, 0.05) is 4.75 Å². The molecule has 2 aliphatic rings. The van der Waals surface area contributed by atoms with E-state index in [0.29, 0.717) is 19.4 Å². The maximum Gasteiger partial charge on any atom is 0.223 e. The smallest absolute Gasteiger partial charge is 0.223 e. The zero-order valence-electron chi connectivity index (χ0n) is 23.9. The largest absolute Gasteiger partial charge is 0.390 e. The van der Waals surface area contributed by atoms with Crippen molar-refractivity contribution < 1.29 is 19.4 Å². The van der Waals surface area contributed by atoms with Gasteiger partial charge in [0.1, 0.15) is 0 Å². The van der Waals surface area contributed by atoms with Crippen molar-refractivity contribution >= 4 is 26.4 Å². The molecule has 0 spiro atoms. The molecule has 202 valence electrons. The standard InChI is InChI=1S/C28H52BNO4S/c1-24(2)12-10-11-20(31)21(14-24)33-16-19-13-22(25(3,4)17-27(7,8)35)34-28(9,15-23(32)30-19)18-26(5,6)29/h19-22,31,35H,10-18H2,1-9H3,(H,30,32)/t19?,20?,21-,22?,28?/m0/s1. The first-order valence-corrected chi connectivity index (χ1v) is 13.9. The van der Waals surface area contributed by atoms with Crippen LogP contribution in [0.25, 0.3) is 0 Å². The summed E-state index contributed by atoms with van der Waals surface area (Å²) >= 11 is 4.81. The van der Waals surface area contributed by atoms with Crippen LogP contribution in [0.5, 0.6) is 0 Å². The second-order valence-electron chi connectivity index (χ2n) is 14.6. The second kappa shape index (κ2) is 11.2. The molecule has 4 unspecified atom stereocenters. The predicted molar refractivity (Wildman–Crippen MR) is 148 cm³/mol. The summed E-state index contributed by atoms with van der Waals surface area (Å²) < 4.78 is 13.0. The highest BCUT2D eigenvalue weighted by atomic mass is 32.1. The van der Waals surface area contributed by atoms with Gasteiger partial charge in [-0.05, 0) is 56.3 Å². The fourth-order valence-electron chi connectivity index (χ4n) is 6.42. The lowest BCUT2D eigenvalue weighted by atomic mass is 9.65. The monoisotopic (exact) mass is 509 g/mol. The summed E-state index contributed by atoms with van der Waals surface area (Å²) in [5.41, 5.74) is -0.720. The van der Waals surface area contributed by atoms with Crippen LogP contribution in [0, 0.1) is 10.8 Å². The Morgan fingerprint density at radius 2 is 1.83 bits per heavy atom. The van der Waals surface area contributed by atoms with Gasteiger partial charge in [-0.1, -0.05) is 67.1 Å². The molecule has 0 bridgehead atoms. The van der Waals surface area contributed by atoms with E-state index in [1.165, 1.54) is 0 Å². The van der Waals surface area contributed by atoms with Crippen LogP contribution < -0.4 is 5.32 Å². The second-order valence-corrected chi connectivity index (χ2v) is 15.8. The SMILES string of the molecule is [B]C(C)(C)CC1(C)CC(=O)NC(CO[C@H]2CC(C)(C)CCCC2O)CC(C(C)(C)CC(C)(C)S)O1. The number of aliphatic hydroxyl groups excluding tert-OH is 1. The Hall–Kier alpha value is -0.235. The molecule has 1 saturated heterocycles. The minimum Gasteiger partial charge on any atom is -0.390 e. The molecule has 1 heterocycles. The number of carbonyl (C=O) groups is 1. The van der Waals surface area contributed by atoms with Gasteiger partial charge >= 0.3 is 0 Å². The fourth-order valence-corrected chi connectivity index (χ4v) is 6.83. The number of rotatable bonds is 8. The summed E-state index contributed by atoms with van der Waals surface area (Å²) in [5, 5.41) is 13.5. The van der Waals surface area contributed by atoms with E-state index in [0.717, 1.165) is 32.1 Å². The van der Waals surface area contributed by atoms with Crippen LogP contribution in [0.4, 0.5) is 0 Å². The fraction of sp³-hybridized carbons (Fsp3) is 0.964. The molecule has 0 aromatic rings. The first kappa shape index (κ1) is 31.0. The Morgan fingerprint density at radius 3 is 2.40 bits per heavy atom. The van der Waals surface area contributed by atoms with Crippen LogP contribution in [0.15, 0.2) is 0 Å². The zero-order chi connectivity index (χ0) is 26.9. The molecule has 1 aliphatic heterocycles. The molecule has 35 heavy (non-hydrogen) atoms. The van der Waals surface area contributed by atoms with Gasteiger partial charge in [0.25, 0.3) is 0 Å². The molecule has 5 nitrogen and oxygen atoms in total. The molecule has 7 heteroatoms. The topological polar surface area (TPSA) is 67.8 Å². The molecule has 2 N–H and O–H groups in total. The van der Waals surface area contributed by atoms with Crippen molar-refractivity contribution in [1.29, 1.82) is 0 Å². The number of thiol groups is 1. The summed E-state index contributed by atoms with van der Waals surface area (Å²) in [6.07, 6.45) is 5.18. The number of aliphatic hydroxyl groups is 1. The highest BCUT2D eigenvalue weighted by Crippen LogP contribution is 2.44. The molecule has 2 fully saturated rings. The van der Waals surface area contributed by atoms with E-state index in [4.69, 9.17) is 29.9 Å². The van der Waals surface area contributed by atoms with E-state index >= 15 is 0 Å². The lowest BCUT2D eigenvalue weighted by Crippen LogP contribution is -2.54. The van der Waals surface area contributed by atoms with Crippen LogP contribution >= 0.6 is 12.6 Å². The Kier molecular flexibility index (Phi) is 9.96. The van der Waals surface area contributed by atoms with E-state index in [-0.39, 0.29) is 46.2 Å². The van der Waals surface area contributed by atoms with Crippen molar-refractivity contribution in [2.24, 2.45) is 10.8 Å². The molecule has 2 radical (unpaired) electrons. The minimum absolute atomic E-state index is 0.0436. The van der Waals surface area contributed by atoms with Gasteiger partial charge in [-0.3, -0.25) is 4.79 Å². The molecule has 1 amide bonds. The van der Waals surface area contributed by atoms with Crippen LogP contribution in [-0.4, -0.2) is 60.2 Å². The van der Waals surface area contributed by atoms with Crippen LogP contribution in [0.1, 0.15) is 114 Å². The lowest BCUT2D eigenvalue weighted by Gasteiger charge is -2.47. The quantitative estimate of drug-likeness (QED) is 0.225. The van der Waals surface area contributed by atoms with Gasteiger partial charge in [0.15, 0.2) is 0 Å². The number of hydrogen-bond acceptors (Lipinski definition) is 5. The summed E-state index contributed by atoms with van der Waals surface area (Å²) in [7, 11) is 6.38.